The van der Waals surface area contributed by atoms with E-state index in [-0.39, 0.29) is 0 Å². The Bertz CT molecular complexity index is 181. The van der Waals surface area contributed by atoms with Gasteiger partial charge in [0, 0.05) is 12.6 Å². The summed E-state index contributed by atoms with van der Waals surface area (Å²) < 4.78 is 0. The van der Waals surface area contributed by atoms with E-state index >= 15 is 0 Å². The molecule has 0 spiro atoms. The molecule has 0 radical (unpaired) electrons. The number of rotatable bonds is 4. The first-order chi connectivity index (χ1) is 7.29. The van der Waals surface area contributed by atoms with Crippen molar-refractivity contribution in [3.63, 3.8) is 0 Å². The third-order valence-corrected chi connectivity index (χ3v) is 4.22. The molecule has 2 rings (SSSR count). The zero-order valence-electron chi connectivity index (χ0n) is 10.3. The van der Waals surface area contributed by atoms with Gasteiger partial charge in [0.15, 0.2) is 0 Å². The van der Waals surface area contributed by atoms with Gasteiger partial charge in [0.2, 0.25) is 0 Å². The molecule has 1 N–H and O–H groups in total. The van der Waals surface area contributed by atoms with Crippen molar-refractivity contribution in [3.8, 4) is 0 Å². The average Bonchev–Trinajstić information content (AvgIpc) is 2.23. The first-order valence-corrected chi connectivity index (χ1v) is 6.74. The molecule has 0 aromatic rings. The van der Waals surface area contributed by atoms with Crippen LogP contribution in [0.2, 0.25) is 0 Å². The molecule has 2 heteroatoms. The lowest BCUT2D eigenvalue weighted by Gasteiger charge is -2.43. The molecule has 2 aliphatic rings. The SMILES string of the molecule is CCN(CC1CCNCC1)C1CC(C)C1. The van der Waals surface area contributed by atoms with Crippen LogP contribution in [0, 0.1) is 11.8 Å². The van der Waals surface area contributed by atoms with Crippen molar-refractivity contribution in [1.29, 1.82) is 0 Å². The second kappa shape index (κ2) is 5.31. The molecule has 0 amide bonds. The number of hydrogen-bond donors (Lipinski definition) is 1. The molecule has 88 valence electrons. The van der Waals surface area contributed by atoms with Crippen molar-refractivity contribution < 1.29 is 0 Å². The fourth-order valence-electron chi connectivity index (χ4n) is 3.09. The van der Waals surface area contributed by atoms with Crippen LogP contribution in [-0.4, -0.2) is 37.1 Å². The maximum absolute atomic E-state index is 3.45. The van der Waals surface area contributed by atoms with E-state index in [1.54, 1.807) is 0 Å². The first-order valence-electron chi connectivity index (χ1n) is 6.74. The fraction of sp³-hybridized carbons (Fsp3) is 1.00. The minimum Gasteiger partial charge on any atom is -0.317 e. The van der Waals surface area contributed by atoms with E-state index in [1.807, 2.05) is 0 Å². The molecule has 0 unspecified atom stereocenters. The first kappa shape index (κ1) is 11.4. The van der Waals surface area contributed by atoms with Gasteiger partial charge in [-0.25, -0.2) is 0 Å². The van der Waals surface area contributed by atoms with E-state index in [9.17, 15) is 0 Å². The summed E-state index contributed by atoms with van der Waals surface area (Å²) in [7, 11) is 0. The second-order valence-corrected chi connectivity index (χ2v) is 5.51. The minimum absolute atomic E-state index is 0.917. The Morgan fingerprint density at radius 3 is 2.40 bits per heavy atom. The van der Waals surface area contributed by atoms with Crippen LogP contribution in [0.3, 0.4) is 0 Å². The van der Waals surface area contributed by atoms with E-state index in [0.717, 1.165) is 17.9 Å². The van der Waals surface area contributed by atoms with Gasteiger partial charge in [-0.15, -0.1) is 0 Å². The lowest BCUT2D eigenvalue weighted by Crippen LogP contribution is -2.47. The van der Waals surface area contributed by atoms with E-state index < -0.39 is 0 Å². The molecule has 1 aliphatic heterocycles. The molecule has 0 atom stereocenters. The average molecular weight is 210 g/mol. The molecule has 0 aromatic heterocycles. The summed E-state index contributed by atoms with van der Waals surface area (Å²) in [5.74, 6) is 1.94. The Balaban J connectivity index is 1.74. The standard InChI is InChI=1S/C13H26N2/c1-3-15(13-8-11(2)9-13)10-12-4-6-14-7-5-12/h11-14H,3-10H2,1-2H3. The summed E-state index contributed by atoms with van der Waals surface area (Å²) in [5.41, 5.74) is 0. The molecular formula is C13H26N2. The smallest absolute Gasteiger partial charge is 0.0100 e. The van der Waals surface area contributed by atoms with Gasteiger partial charge in [-0.3, -0.25) is 0 Å². The van der Waals surface area contributed by atoms with Crippen molar-refractivity contribution in [1.82, 2.24) is 10.2 Å². The molecular weight excluding hydrogens is 184 g/mol. The largest absolute Gasteiger partial charge is 0.317 e. The van der Waals surface area contributed by atoms with Crippen molar-refractivity contribution >= 4 is 0 Å². The zero-order chi connectivity index (χ0) is 10.7. The van der Waals surface area contributed by atoms with Crippen molar-refractivity contribution in [2.24, 2.45) is 11.8 Å². The van der Waals surface area contributed by atoms with Gasteiger partial charge >= 0.3 is 0 Å². The van der Waals surface area contributed by atoms with Gasteiger partial charge in [-0.1, -0.05) is 13.8 Å². The predicted molar refractivity (Wildman–Crippen MR) is 65.0 cm³/mol. The van der Waals surface area contributed by atoms with Gasteiger partial charge in [0.05, 0.1) is 0 Å². The molecule has 0 bridgehead atoms. The highest BCUT2D eigenvalue weighted by atomic mass is 15.2. The highest BCUT2D eigenvalue weighted by Crippen LogP contribution is 2.32. The monoisotopic (exact) mass is 210 g/mol. The third kappa shape index (κ3) is 2.94. The summed E-state index contributed by atoms with van der Waals surface area (Å²) in [6.07, 6.45) is 5.66. The highest BCUT2D eigenvalue weighted by Gasteiger charge is 2.31. The van der Waals surface area contributed by atoms with E-state index in [4.69, 9.17) is 0 Å². The van der Waals surface area contributed by atoms with Crippen LogP contribution in [0.25, 0.3) is 0 Å². The van der Waals surface area contributed by atoms with Gasteiger partial charge in [0.1, 0.15) is 0 Å². The number of hydrogen-bond acceptors (Lipinski definition) is 2. The zero-order valence-corrected chi connectivity index (χ0v) is 10.3. The summed E-state index contributed by atoms with van der Waals surface area (Å²) in [5, 5.41) is 3.45. The molecule has 2 nitrogen and oxygen atoms in total. The van der Waals surface area contributed by atoms with Crippen LogP contribution in [0.4, 0.5) is 0 Å². The van der Waals surface area contributed by atoms with Crippen LogP contribution in [0.1, 0.15) is 39.5 Å². The Kier molecular flexibility index (Phi) is 4.04. The number of nitrogens with one attached hydrogen (secondary N) is 1. The molecule has 0 aromatic carbocycles. The quantitative estimate of drug-likeness (QED) is 0.764. The van der Waals surface area contributed by atoms with E-state index in [0.29, 0.717) is 0 Å². The highest BCUT2D eigenvalue weighted by molar-refractivity contribution is 4.86. The maximum atomic E-state index is 3.45. The molecule has 1 saturated heterocycles. The van der Waals surface area contributed by atoms with Gasteiger partial charge in [-0.05, 0) is 57.2 Å². The van der Waals surface area contributed by atoms with Crippen LogP contribution in [0.5, 0.6) is 0 Å². The number of nitrogens with zero attached hydrogens (tertiary/aromatic N) is 1. The van der Waals surface area contributed by atoms with Crippen molar-refractivity contribution in [2.45, 2.75) is 45.6 Å². The van der Waals surface area contributed by atoms with Crippen molar-refractivity contribution in [2.75, 3.05) is 26.2 Å². The summed E-state index contributed by atoms with van der Waals surface area (Å²) in [6, 6.07) is 0.917. The molecule has 1 aliphatic carbocycles. The molecule has 1 saturated carbocycles. The van der Waals surface area contributed by atoms with E-state index in [1.165, 1.54) is 51.9 Å². The molecule has 1 heterocycles. The van der Waals surface area contributed by atoms with Gasteiger partial charge in [0.25, 0.3) is 0 Å². The van der Waals surface area contributed by atoms with Crippen LogP contribution < -0.4 is 5.32 Å². The third-order valence-electron chi connectivity index (χ3n) is 4.22. The second-order valence-electron chi connectivity index (χ2n) is 5.51. The van der Waals surface area contributed by atoms with Crippen molar-refractivity contribution in [3.05, 3.63) is 0 Å². The maximum Gasteiger partial charge on any atom is 0.0100 e. The predicted octanol–water partition coefficient (Wildman–Crippen LogP) is 2.11. The normalized spacial score (nSPS) is 33.0. The fourth-order valence-corrected chi connectivity index (χ4v) is 3.09. The van der Waals surface area contributed by atoms with Crippen LogP contribution in [-0.2, 0) is 0 Å². The topological polar surface area (TPSA) is 15.3 Å². The van der Waals surface area contributed by atoms with E-state index in [2.05, 4.69) is 24.1 Å². The summed E-state index contributed by atoms with van der Waals surface area (Å²) >= 11 is 0. The minimum atomic E-state index is 0.917. The number of piperidine rings is 1. The Morgan fingerprint density at radius 1 is 1.20 bits per heavy atom. The van der Waals surface area contributed by atoms with Crippen LogP contribution in [0.15, 0.2) is 0 Å². The Morgan fingerprint density at radius 2 is 1.87 bits per heavy atom. The summed E-state index contributed by atoms with van der Waals surface area (Å²) in [6.45, 7) is 9.79. The van der Waals surface area contributed by atoms with Crippen LogP contribution >= 0.6 is 0 Å². The lowest BCUT2D eigenvalue weighted by molar-refractivity contribution is 0.0708. The summed E-state index contributed by atoms with van der Waals surface area (Å²) in [4.78, 5) is 2.73. The van der Waals surface area contributed by atoms with Gasteiger partial charge < -0.3 is 10.2 Å². The lowest BCUT2D eigenvalue weighted by atomic mass is 9.80. The Labute approximate surface area is 94.4 Å². The molecule has 2 fully saturated rings. The molecule has 15 heavy (non-hydrogen) atoms. The van der Waals surface area contributed by atoms with Gasteiger partial charge in [-0.2, -0.15) is 0 Å². The Hall–Kier alpha value is -0.0800.